The number of hydrogen-bond donors (Lipinski definition) is 2. The second-order valence-electron chi connectivity index (χ2n) is 8.33. The maximum atomic E-state index is 14.1. The number of aliphatic hydroxyl groups is 1. The highest BCUT2D eigenvalue weighted by molar-refractivity contribution is 5.96. The summed E-state index contributed by atoms with van der Waals surface area (Å²) < 4.78 is 27.6. The fraction of sp³-hybridized carbons (Fsp3) is 0.240. The zero-order valence-electron chi connectivity index (χ0n) is 17.8. The van der Waals surface area contributed by atoms with E-state index in [1.54, 1.807) is 23.2 Å². The Kier molecular flexibility index (Phi) is 5.60. The highest BCUT2D eigenvalue weighted by Gasteiger charge is 2.22. The number of likely N-dealkylation sites (tertiary alicyclic amines) is 1. The number of carbonyl (C=O) groups is 1. The molecule has 3 heterocycles. The van der Waals surface area contributed by atoms with E-state index in [0.717, 1.165) is 28.6 Å². The third-order valence-corrected chi connectivity index (χ3v) is 6.03. The molecule has 5 rings (SSSR count). The summed E-state index contributed by atoms with van der Waals surface area (Å²) in [4.78, 5) is 18.9. The summed E-state index contributed by atoms with van der Waals surface area (Å²) in [6.45, 7) is 1.10. The van der Waals surface area contributed by atoms with Gasteiger partial charge in [-0.1, -0.05) is 12.1 Å². The van der Waals surface area contributed by atoms with E-state index in [1.165, 1.54) is 6.07 Å². The van der Waals surface area contributed by atoms with Gasteiger partial charge in [-0.05, 0) is 60.4 Å². The molecular formula is C25H22F2N4O2. The van der Waals surface area contributed by atoms with Crippen molar-refractivity contribution in [2.24, 2.45) is 0 Å². The molecule has 2 aromatic carbocycles. The third-order valence-electron chi connectivity index (χ3n) is 6.03. The first-order valence-electron chi connectivity index (χ1n) is 10.8. The largest absolute Gasteiger partial charge is 0.393 e. The molecule has 2 N–H and O–H groups in total. The van der Waals surface area contributed by atoms with Crippen LogP contribution in [0.4, 0.5) is 8.78 Å². The van der Waals surface area contributed by atoms with E-state index >= 15 is 0 Å². The minimum absolute atomic E-state index is 0.0543. The number of benzene rings is 2. The first-order valence-corrected chi connectivity index (χ1v) is 10.8. The number of rotatable bonds is 4. The molecule has 1 fully saturated rings. The quantitative estimate of drug-likeness (QED) is 0.493. The first kappa shape index (κ1) is 21.2. The van der Waals surface area contributed by atoms with E-state index in [0.29, 0.717) is 42.8 Å². The van der Waals surface area contributed by atoms with Gasteiger partial charge in [0.25, 0.3) is 5.91 Å². The zero-order valence-corrected chi connectivity index (χ0v) is 17.8. The second-order valence-corrected chi connectivity index (χ2v) is 8.33. The van der Waals surface area contributed by atoms with Crippen LogP contribution in [0.25, 0.3) is 22.3 Å². The monoisotopic (exact) mass is 448 g/mol. The predicted octanol–water partition coefficient (Wildman–Crippen LogP) is 4.09. The van der Waals surface area contributed by atoms with E-state index in [-0.39, 0.29) is 24.0 Å². The molecular weight excluding hydrogens is 426 g/mol. The van der Waals surface area contributed by atoms with Gasteiger partial charge in [0, 0.05) is 42.2 Å². The minimum Gasteiger partial charge on any atom is -0.393 e. The summed E-state index contributed by atoms with van der Waals surface area (Å²) in [6, 6.07) is 12.5. The van der Waals surface area contributed by atoms with Gasteiger partial charge in [-0.3, -0.25) is 9.89 Å². The Morgan fingerprint density at radius 1 is 1.09 bits per heavy atom. The average molecular weight is 448 g/mol. The molecule has 33 heavy (non-hydrogen) atoms. The number of H-pyrrole nitrogens is 1. The van der Waals surface area contributed by atoms with Crippen molar-refractivity contribution in [2.75, 3.05) is 13.1 Å². The number of fused-ring (bicyclic) bond motifs is 1. The Hall–Kier alpha value is -3.65. The van der Waals surface area contributed by atoms with E-state index in [2.05, 4.69) is 15.2 Å². The molecule has 0 radical (unpaired) electrons. The van der Waals surface area contributed by atoms with Crippen molar-refractivity contribution in [2.45, 2.75) is 25.4 Å². The van der Waals surface area contributed by atoms with Crippen molar-refractivity contribution in [3.63, 3.8) is 0 Å². The van der Waals surface area contributed by atoms with Gasteiger partial charge in [-0.2, -0.15) is 5.10 Å². The predicted molar refractivity (Wildman–Crippen MR) is 120 cm³/mol. The molecule has 0 atom stereocenters. The molecule has 1 saturated heterocycles. The lowest BCUT2D eigenvalue weighted by Gasteiger charge is -2.29. The Balaban J connectivity index is 1.40. The lowest BCUT2D eigenvalue weighted by atomic mass is 10.0. The molecule has 4 aromatic rings. The Morgan fingerprint density at radius 2 is 1.85 bits per heavy atom. The molecule has 0 unspecified atom stereocenters. The molecule has 0 bridgehead atoms. The van der Waals surface area contributed by atoms with Crippen molar-refractivity contribution in [1.82, 2.24) is 20.1 Å². The minimum atomic E-state index is -0.486. The van der Waals surface area contributed by atoms with Crippen molar-refractivity contribution in [1.29, 1.82) is 0 Å². The topological polar surface area (TPSA) is 82.1 Å². The number of pyridine rings is 1. The normalized spacial score (nSPS) is 14.7. The van der Waals surface area contributed by atoms with E-state index in [4.69, 9.17) is 0 Å². The van der Waals surface area contributed by atoms with Crippen LogP contribution in [0.3, 0.4) is 0 Å². The molecule has 1 aliphatic rings. The molecule has 2 aromatic heterocycles. The van der Waals surface area contributed by atoms with Crippen LogP contribution in [0, 0.1) is 11.6 Å². The molecule has 0 saturated carbocycles. The molecule has 6 nitrogen and oxygen atoms in total. The van der Waals surface area contributed by atoms with Crippen molar-refractivity contribution in [3.05, 3.63) is 83.1 Å². The van der Waals surface area contributed by atoms with Crippen LogP contribution in [0.15, 0.2) is 54.7 Å². The maximum absolute atomic E-state index is 14.1. The third kappa shape index (κ3) is 4.34. The molecule has 1 aliphatic heterocycles. The molecule has 8 heteroatoms. The van der Waals surface area contributed by atoms with E-state index in [1.807, 2.05) is 18.2 Å². The number of aliphatic hydroxyl groups excluding tert-OH is 1. The van der Waals surface area contributed by atoms with Crippen LogP contribution >= 0.6 is 0 Å². The highest BCUT2D eigenvalue weighted by atomic mass is 19.1. The average Bonchev–Trinajstić information content (AvgIpc) is 3.25. The standard InChI is InChI=1S/C25H22F2N4O2/c26-19-5-6-22(27)18(13-19)11-15-12-21-23(29-30-24(21)28-14-15)16-1-3-17(4-2-16)25(33)31-9-7-20(32)8-10-31/h1-6,12-14,20,32H,7-11H2,(H,28,29,30). The van der Waals surface area contributed by atoms with Crippen molar-refractivity contribution in [3.8, 4) is 11.3 Å². The van der Waals surface area contributed by atoms with Crippen LogP contribution in [-0.4, -0.2) is 50.3 Å². The van der Waals surface area contributed by atoms with Crippen LogP contribution in [0.5, 0.6) is 0 Å². The molecule has 168 valence electrons. The van der Waals surface area contributed by atoms with Crippen molar-refractivity contribution >= 4 is 16.9 Å². The van der Waals surface area contributed by atoms with Crippen LogP contribution in [0.1, 0.15) is 34.3 Å². The summed E-state index contributed by atoms with van der Waals surface area (Å²) in [7, 11) is 0. The maximum Gasteiger partial charge on any atom is 0.253 e. The summed E-state index contributed by atoms with van der Waals surface area (Å²) in [5.41, 5.74) is 3.63. The summed E-state index contributed by atoms with van der Waals surface area (Å²) in [5, 5.41) is 17.7. The zero-order chi connectivity index (χ0) is 22.9. The first-order chi connectivity index (χ1) is 16.0. The Bertz CT molecular complexity index is 1310. The molecule has 1 amide bonds. The lowest BCUT2D eigenvalue weighted by molar-refractivity contribution is 0.0546. The van der Waals surface area contributed by atoms with Gasteiger partial charge in [0.2, 0.25) is 0 Å². The summed E-state index contributed by atoms with van der Waals surface area (Å²) in [5.74, 6) is -1.01. The Morgan fingerprint density at radius 3 is 2.61 bits per heavy atom. The van der Waals surface area contributed by atoms with Gasteiger partial charge in [0.05, 0.1) is 6.10 Å². The Labute approximate surface area is 188 Å². The van der Waals surface area contributed by atoms with Crippen LogP contribution in [-0.2, 0) is 6.42 Å². The smallest absolute Gasteiger partial charge is 0.253 e. The fourth-order valence-electron chi connectivity index (χ4n) is 4.18. The fourth-order valence-corrected chi connectivity index (χ4v) is 4.18. The van der Waals surface area contributed by atoms with E-state index in [9.17, 15) is 18.7 Å². The SMILES string of the molecule is O=C(c1ccc(-c2n[nH]c3ncc(Cc4cc(F)ccc4F)cc23)cc1)N1CCC(O)CC1. The number of aromatic amines is 1. The van der Waals surface area contributed by atoms with Gasteiger partial charge in [-0.15, -0.1) is 0 Å². The number of nitrogens with zero attached hydrogens (tertiary/aromatic N) is 3. The summed E-state index contributed by atoms with van der Waals surface area (Å²) >= 11 is 0. The number of halogens is 2. The second kappa shape index (κ2) is 8.71. The number of carbonyl (C=O) groups excluding carboxylic acids is 1. The van der Waals surface area contributed by atoms with Gasteiger partial charge >= 0.3 is 0 Å². The van der Waals surface area contributed by atoms with Crippen molar-refractivity contribution < 1.29 is 18.7 Å². The molecule has 0 spiro atoms. The van der Waals surface area contributed by atoms with Gasteiger partial charge in [-0.25, -0.2) is 13.8 Å². The number of amides is 1. The van der Waals surface area contributed by atoms with Crippen LogP contribution < -0.4 is 0 Å². The number of hydrogen-bond acceptors (Lipinski definition) is 4. The van der Waals surface area contributed by atoms with E-state index < -0.39 is 11.6 Å². The number of nitrogens with one attached hydrogen (secondary N) is 1. The van der Waals surface area contributed by atoms with Crippen LogP contribution in [0.2, 0.25) is 0 Å². The van der Waals surface area contributed by atoms with Gasteiger partial charge in [0.1, 0.15) is 17.3 Å². The molecule has 0 aliphatic carbocycles. The van der Waals surface area contributed by atoms with Gasteiger partial charge in [0.15, 0.2) is 5.65 Å². The summed E-state index contributed by atoms with van der Waals surface area (Å²) in [6.07, 6.45) is 2.68. The van der Waals surface area contributed by atoms with Gasteiger partial charge < -0.3 is 10.0 Å². The lowest BCUT2D eigenvalue weighted by Crippen LogP contribution is -2.40. The highest BCUT2D eigenvalue weighted by Crippen LogP contribution is 2.27. The number of piperidine rings is 1. The number of aromatic nitrogens is 3.